The maximum atomic E-state index is 11.9. The van der Waals surface area contributed by atoms with E-state index in [1.54, 1.807) is 0 Å². The van der Waals surface area contributed by atoms with E-state index in [4.69, 9.17) is 10.5 Å². The molecular weight excluding hydrogens is 242 g/mol. The van der Waals surface area contributed by atoms with Gasteiger partial charge in [-0.2, -0.15) is 0 Å². The Morgan fingerprint density at radius 2 is 2.16 bits per heavy atom. The van der Waals surface area contributed by atoms with Crippen LogP contribution in [0.1, 0.15) is 36.5 Å². The first-order valence-corrected chi connectivity index (χ1v) is 6.59. The predicted octanol–water partition coefficient (Wildman–Crippen LogP) is 2.41. The molecule has 1 saturated heterocycles. The Bertz CT molecular complexity index is 512. The van der Waals surface area contributed by atoms with Gasteiger partial charge < -0.3 is 15.6 Å². The average molecular weight is 263 g/mol. The molecule has 0 spiro atoms. The number of benzene rings is 1. The summed E-state index contributed by atoms with van der Waals surface area (Å²) in [7, 11) is 0. The van der Waals surface area contributed by atoms with E-state index in [1.165, 1.54) is 0 Å². The molecule has 2 rings (SSSR count). The van der Waals surface area contributed by atoms with E-state index in [-0.39, 0.29) is 6.10 Å². The quantitative estimate of drug-likeness (QED) is 0.804. The number of aryl methyl sites for hydroxylation is 2. The molecule has 1 aromatic rings. The molecule has 0 saturated carbocycles. The first-order chi connectivity index (χ1) is 8.86. The number of nitrogen functional groups attached to an aromatic ring is 1. The van der Waals surface area contributed by atoms with Gasteiger partial charge in [-0.05, 0) is 44.7 Å². The Hall–Kier alpha value is -1.55. The van der Waals surface area contributed by atoms with Gasteiger partial charge in [-0.3, -0.25) is 4.79 Å². The number of carboxylic acids is 1. The Morgan fingerprint density at radius 1 is 1.47 bits per heavy atom. The summed E-state index contributed by atoms with van der Waals surface area (Å²) >= 11 is 0. The Labute approximate surface area is 113 Å². The standard InChI is InChI=1S/C15H21NO3/c1-9-6-10(2)13(16)12(7-9)15(14(17)18)4-5-19-11(3)8-15/h6-7,11H,4-5,8,16H2,1-3H3,(H,17,18). The maximum absolute atomic E-state index is 11.9. The zero-order valence-corrected chi connectivity index (χ0v) is 11.7. The van der Waals surface area contributed by atoms with Crippen molar-refractivity contribution in [1.29, 1.82) is 0 Å². The van der Waals surface area contributed by atoms with Gasteiger partial charge in [0, 0.05) is 12.3 Å². The van der Waals surface area contributed by atoms with E-state index in [9.17, 15) is 9.90 Å². The molecule has 1 aliphatic rings. The van der Waals surface area contributed by atoms with Crippen LogP contribution in [0.3, 0.4) is 0 Å². The first kappa shape index (κ1) is 13.9. The van der Waals surface area contributed by atoms with Crippen LogP contribution in [0.25, 0.3) is 0 Å². The second kappa shape index (κ2) is 4.85. The second-order valence-electron chi connectivity index (χ2n) is 5.57. The van der Waals surface area contributed by atoms with Crippen LogP contribution in [0.2, 0.25) is 0 Å². The van der Waals surface area contributed by atoms with Crippen LogP contribution in [0.5, 0.6) is 0 Å². The molecule has 4 nitrogen and oxygen atoms in total. The van der Waals surface area contributed by atoms with Crippen molar-refractivity contribution in [2.45, 2.75) is 45.1 Å². The molecule has 1 aliphatic heterocycles. The second-order valence-corrected chi connectivity index (χ2v) is 5.57. The molecule has 1 aromatic carbocycles. The summed E-state index contributed by atoms with van der Waals surface area (Å²) in [6.07, 6.45) is 0.875. The van der Waals surface area contributed by atoms with Crippen molar-refractivity contribution in [1.82, 2.24) is 0 Å². The SMILES string of the molecule is Cc1cc(C)c(N)c(C2(C(=O)O)CCOC(C)C2)c1. The van der Waals surface area contributed by atoms with E-state index in [2.05, 4.69) is 0 Å². The Kier molecular flexibility index (Phi) is 3.54. The highest BCUT2D eigenvalue weighted by atomic mass is 16.5. The maximum Gasteiger partial charge on any atom is 0.314 e. The lowest BCUT2D eigenvalue weighted by Gasteiger charge is -2.38. The lowest BCUT2D eigenvalue weighted by Crippen LogP contribution is -2.44. The molecular formula is C15H21NO3. The lowest BCUT2D eigenvalue weighted by molar-refractivity contribution is -0.150. The van der Waals surface area contributed by atoms with Gasteiger partial charge in [-0.15, -0.1) is 0 Å². The van der Waals surface area contributed by atoms with Crippen molar-refractivity contribution in [2.75, 3.05) is 12.3 Å². The van der Waals surface area contributed by atoms with Crippen LogP contribution in [-0.4, -0.2) is 23.8 Å². The minimum atomic E-state index is -0.918. The number of hydrogen-bond acceptors (Lipinski definition) is 3. The van der Waals surface area contributed by atoms with E-state index < -0.39 is 11.4 Å². The minimum Gasteiger partial charge on any atom is -0.481 e. The number of carbonyl (C=O) groups is 1. The summed E-state index contributed by atoms with van der Waals surface area (Å²) in [5.41, 5.74) is 8.55. The topological polar surface area (TPSA) is 72.6 Å². The van der Waals surface area contributed by atoms with Crippen molar-refractivity contribution in [3.8, 4) is 0 Å². The third-order valence-electron chi connectivity index (χ3n) is 4.02. The number of ether oxygens (including phenoxy) is 1. The van der Waals surface area contributed by atoms with Crippen molar-refractivity contribution >= 4 is 11.7 Å². The number of nitrogens with two attached hydrogens (primary N) is 1. The molecule has 0 radical (unpaired) electrons. The number of rotatable bonds is 2. The van der Waals surface area contributed by atoms with E-state index in [0.29, 0.717) is 25.1 Å². The third-order valence-corrected chi connectivity index (χ3v) is 4.02. The monoisotopic (exact) mass is 263 g/mol. The average Bonchev–Trinajstić information content (AvgIpc) is 2.33. The number of carboxylic acid groups (broad SMARTS) is 1. The summed E-state index contributed by atoms with van der Waals surface area (Å²) in [5.74, 6) is -0.806. The molecule has 2 unspecified atom stereocenters. The summed E-state index contributed by atoms with van der Waals surface area (Å²) in [6, 6.07) is 3.89. The van der Waals surface area contributed by atoms with E-state index >= 15 is 0 Å². The molecule has 4 heteroatoms. The minimum absolute atomic E-state index is 0.0648. The molecule has 2 atom stereocenters. The highest BCUT2D eigenvalue weighted by Crippen LogP contribution is 2.41. The summed E-state index contributed by atoms with van der Waals surface area (Å²) in [6.45, 7) is 6.26. The summed E-state index contributed by atoms with van der Waals surface area (Å²) in [5, 5.41) is 9.76. The van der Waals surface area contributed by atoms with Crippen LogP contribution in [-0.2, 0) is 14.9 Å². The van der Waals surface area contributed by atoms with Gasteiger partial charge in [-0.25, -0.2) is 0 Å². The molecule has 0 aliphatic carbocycles. The van der Waals surface area contributed by atoms with Gasteiger partial charge in [0.05, 0.1) is 11.5 Å². The molecule has 0 aromatic heterocycles. The first-order valence-electron chi connectivity index (χ1n) is 6.59. The van der Waals surface area contributed by atoms with Crippen LogP contribution in [0, 0.1) is 13.8 Å². The van der Waals surface area contributed by atoms with Crippen LogP contribution in [0.4, 0.5) is 5.69 Å². The Balaban J connectivity index is 2.60. The fraction of sp³-hybridized carbons (Fsp3) is 0.533. The van der Waals surface area contributed by atoms with Gasteiger partial charge in [0.25, 0.3) is 0 Å². The number of hydrogen-bond donors (Lipinski definition) is 2. The van der Waals surface area contributed by atoms with E-state index in [1.807, 2.05) is 32.9 Å². The van der Waals surface area contributed by atoms with Crippen LogP contribution >= 0.6 is 0 Å². The van der Waals surface area contributed by atoms with Crippen molar-refractivity contribution in [2.24, 2.45) is 0 Å². The molecule has 1 fully saturated rings. The molecule has 104 valence electrons. The van der Waals surface area contributed by atoms with Gasteiger partial charge in [0.15, 0.2) is 0 Å². The number of aliphatic carboxylic acids is 1. The largest absolute Gasteiger partial charge is 0.481 e. The molecule has 19 heavy (non-hydrogen) atoms. The normalized spacial score (nSPS) is 27.2. The fourth-order valence-electron chi connectivity index (χ4n) is 3.01. The molecule has 1 heterocycles. The van der Waals surface area contributed by atoms with Gasteiger partial charge >= 0.3 is 5.97 Å². The highest BCUT2D eigenvalue weighted by molar-refractivity contribution is 5.84. The van der Waals surface area contributed by atoms with Crippen molar-refractivity contribution in [3.63, 3.8) is 0 Å². The fourth-order valence-corrected chi connectivity index (χ4v) is 3.01. The third kappa shape index (κ3) is 2.32. The number of anilines is 1. The zero-order chi connectivity index (χ0) is 14.2. The lowest BCUT2D eigenvalue weighted by atomic mass is 9.71. The van der Waals surface area contributed by atoms with Crippen molar-refractivity contribution in [3.05, 3.63) is 28.8 Å². The predicted molar refractivity (Wildman–Crippen MR) is 74.3 cm³/mol. The summed E-state index contributed by atoms with van der Waals surface area (Å²) < 4.78 is 5.50. The van der Waals surface area contributed by atoms with Crippen LogP contribution in [0.15, 0.2) is 12.1 Å². The van der Waals surface area contributed by atoms with Crippen molar-refractivity contribution < 1.29 is 14.6 Å². The molecule has 0 amide bonds. The van der Waals surface area contributed by atoms with E-state index in [0.717, 1.165) is 16.7 Å². The Morgan fingerprint density at radius 3 is 2.74 bits per heavy atom. The highest BCUT2D eigenvalue weighted by Gasteiger charge is 2.45. The molecule has 0 bridgehead atoms. The summed E-state index contributed by atoms with van der Waals surface area (Å²) in [4.78, 5) is 11.9. The van der Waals surface area contributed by atoms with Crippen LogP contribution < -0.4 is 5.73 Å². The van der Waals surface area contributed by atoms with Gasteiger partial charge in [0.2, 0.25) is 0 Å². The smallest absolute Gasteiger partial charge is 0.314 e. The van der Waals surface area contributed by atoms with Gasteiger partial charge in [-0.1, -0.05) is 17.7 Å². The zero-order valence-electron chi connectivity index (χ0n) is 11.7. The van der Waals surface area contributed by atoms with Gasteiger partial charge in [0.1, 0.15) is 0 Å². The molecule has 3 N–H and O–H groups in total.